The van der Waals surface area contributed by atoms with Crippen LogP contribution in [0, 0.1) is 6.57 Å². The smallest absolute Gasteiger partial charge is 0.308 e. The highest BCUT2D eigenvalue weighted by molar-refractivity contribution is 5.70. The van der Waals surface area contributed by atoms with E-state index in [0.717, 1.165) is 0 Å². The minimum Gasteiger partial charge on any atom is -0.460 e. The van der Waals surface area contributed by atoms with Crippen LogP contribution in [0.4, 0.5) is 0 Å². The van der Waals surface area contributed by atoms with Crippen LogP contribution in [0.3, 0.4) is 0 Å². The summed E-state index contributed by atoms with van der Waals surface area (Å²) >= 11 is 0. The Labute approximate surface area is 95.9 Å². The van der Waals surface area contributed by atoms with Gasteiger partial charge in [0.05, 0.1) is 12.5 Å². The molecule has 2 N–H and O–H groups in total. The number of esters is 1. The van der Waals surface area contributed by atoms with Crippen molar-refractivity contribution in [1.29, 1.82) is 0 Å². The summed E-state index contributed by atoms with van der Waals surface area (Å²) in [6.07, 6.45) is -2.00. The van der Waals surface area contributed by atoms with Gasteiger partial charge in [0.1, 0.15) is 11.7 Å². The Kier molecular flexibility index (Phi) is 6.01. The lowest BCUT2D eigenvalue weighted by Gasteiger charge is -2.20. The zero-order valence-corrected chi connectivity index (χ0v) is 9.93. The number of hydrogen-bond acceptors (Lipinski definition) is 4. The molecular weight excluding hydrogens is 210 g/mol. The second kappa shape index (κ2) is 6.46. The van der Waals surface area contributed by atoms with E-state index < -0.39 is 23.8 Å². The van der Waals surface area contributed by atoms with E-state index in [1.807, 2.05) is 0 Å². The normalized spacial score (nSPS) is 15.0. The van der Waals surface area contributed by atoms with Gasteiger partial charge in [-0.25, -0.2) is 6.57 Å². The first-order valence-electron chi connectivity index (χ1n) is 5.16. The lowest BCUT2D eigenvalue weighted by Crippen LogP contribution is -2.28. The summed E-state index contributed by atoms with van der Waals surface area (Å²) in [6, 6.07) is 0. The molecule has 0 spiro atoms. The topological polar surface area (TPSA) is 71.1 Å². The van der Waals surface area contributed by atoms with Gasteiger partial charge in [0.2, 0.25) is 6.54 Å². The zero-order valence-electron chi connectivity index (χ0n) is 9.93. The number of ether oxygens (including phenoxy) is 1. The first kappa shape index (κ1) is 14.9. The van der Waals surface area contributed by atoms with Crippen LogP contribution in [0.25, 0.3) is 4.85 Å². The van der Waals surface area contributed by atoms with Gasteiger partial charge in [-0.15, -0.1) is 0 Å². The molecule has 0 rings (SSSR count). The minimum atomic E-state index is -0.966. The molecule has 5 heteroatoms. The monoisotopic (exact) mass is 229 g/mol. The average Bonchev–Trinajstić information content (AvgIpc) is 1.98. The van der Waals surface area contributed by atoms with Crippen LogP contribution in [0.5, 0.6) is 0 Å². The molecule has 0 aromatic carbocycles. The summed E-state index contributed by atoms with van der Waals surface area (Å²) in [5.74, 6) is -0.505. The van der Waals surface area contributed by atoms with E-state index in [9.17, 15) is 15.0 Å². The summed E-state index contributed by atoms with van der Waals surface area (Å²) in [5, 5.41) is 18.7. The Morgan fingerprint density at radius 1 is 1.38 bits per heavy atom. The van der Waals surface area contributed by atoms with Crippen LogP contribution in [-0.2, 0) is 9.53 Å². The van der Waals surface area contributed by atoms with Crippen molar-refractivity contribution < 1.29 is 19.7 Å². The molecule has 92 valence electrons. The fraction of sp³-hybridized carbons (Fsp3) is 0.818. The highest BCUT2D eigenvalue weighted by atomic mass is 16.6. The minimum absolute atomic E-state index is 0.0155. The van der Waals surface area contributed by atoms with Gasteiger partial charge in [-0.05, 0) is 20.8 Å². The van der Waals surface area contributed by atoms with Gasteiger partial charge >= 0.3 is 5.97 Å². The summed E-state index contributed by atoms with van der Waals surface area (Å²) in [7, 11) is 0. The molecule has 16 heavy (non-hydrogen) atoms. The van der Waals surface area contributed by atoms with E-state index in [1.165, 1.54) is 0 Å². The molecule has 0 aromatic rings. The van der Waals surface area contributed by atoms with Crippen LogP contribution < -0.4 is 0 Å². The Morgan fingerprint density at radius 2 is 1.94 bits per heavy atom. The molecular formula is C11H19NO4. The van der Waals surface area contributed by atoms with Crippen molar-refractivity contribution in [1.82, 2.24) is 0 Å². The third-order valence-electron chi connectivity index (χ3n) is 1.67. The highest BCUT2D eigenvalue weighted by Gasteiger charge is 2.21. The quantitative estimate of drug-likeness (QED) is 0.539. The molecule has 0 aliphatic carbocycles. The van der Waals surface area contributed by atoms with Crippen LogP contribution in [0.2, 0.25) is 0 Å². The van der Waals surface area contributed by atoms with Crippen molar-refractivity contribution in [2.45, 2.75) is 51.4 Å². The lowest BCUT2D eigenvalue weighted by molar-refractivity contribution is -0.157. The highest BCUT2D eigenvalue weighted by Crippen LogP contribution is 2.11. The maximum absolute atomic E-state index is 11.3. The number of aliphatic hydroxyl groups excluding tert-OH is 2. The number of carbonyl (C=O) groups is 1. The Morgan fingerprint density at radius 3 is 2.38 bits per heavy atom. The van der Waals surface area contributed by atoms with Gasteiger partial charge in [-0.1, -0.05) is 0 Å². The van der Waals surface area contributed by atoms with Crippen molar-refractivity contribution in [3.8, 4) is 0 Å². The van der Waals surface area contributed by atoms with Gasteiger partial charge in [-0.2, -0.15) is 0 Å². The van der Waals surface area contributed by atoms with E-state index in [2.05, 4.69) is 4.85 Å². The second-order valence-corrected chi connectivity index (χ2v) is 4.67. The molecule has 2 atom stereocenters. The predicted molar refractivity (Wildman–Crippen MR) is 58.6 cm³/mol. The fourth-order valence-electron chi connectivity index (χ4n) is 1.15. The molecule has 5 nitrogen and oxygen atoms in total. The van der Waals surface area contributed by atoms with Crippen LogP contribution in [-0.4, -0.2) is 40.5 Å². The van der Waals surface area contributed by atoms with Gasteiger partial charge in [-0.3, -0.25) is 4.79 Å². The van der Waals surface area contributed by atoms with E-state index in [1.54, 1.807) is 20.8 Å². The number of nitrogens with zero attached hydrogens (tertiary/aromatic N) is 1. The zero-order chi connectivity index (χ0) is 12.8. The summed E-state index contributed by atoms with van der Waals surface area (Å²) < 4.78 is 5.01. The number of carbonyl (C=O) groups excluding carboxylic acids is 1. The predicted octanol–water partition coefficient (Wildman–Crippen LogP) is 0.749. The number of rotatable bonds is 5. The van der Waals surface area contributed by atoms with Crippen LogP contribution >= 0.6 is 0 Å². The largest absolute Gasteiger partial charge is 0.460 e. The molecule has 0 aromatic heterocycles. The van der Waals surface area contributed by atoms with Crippen molar-refractivity contribution in [3.63, 3.8) is 0 Å². The maximum atomic E-state index is 11.3. The third kappa shape index (κ3) is 8.21. The van der Waals surface area contributed by atoms with E-state index in [4.69, 9.17) is 11.3 Å². The van der Waals surface area contributed by atoms with Crippen LogP contribution in [0.15, 0.2) is 0 Å². The Hall–Kier alpha value is -1.12. The second-order valence-electron chi connectivity index (χ2n) is 4.67. The van der Waals surface area contributed by atoms with Gasteiger partial charge < -0.3 is 19.8 Å². The molecule has 0 radical (unpaired) electrons. The number of aliphatic hydroxyl groups is 2. The Balaban J connectivity index is 3.92. The summed E-state index contributed by atoms with van der Waals surface area (Å²) in [6.45, 7) is 11.7. The van der Waals surface area contributed by atoms with Gasteiger partial charge in [0, 0.05) is 6.42 Å². The molecule has 0 bridgehead atoms. The average molecular weight is 229 g/mol. The third-order valence-corrected chi connectivity index (χ3v) is 1.67. The SMILES string of the molecule is [C-]#[N+]C[C@@H](O)C[C@@H](O)CC(=O)OC(C)(C)C. The molecule has 0 unspecified atom stereocenters. The van der Waals surface area contributed by atoms with E-state index in [-0.39, 0.29) is 19.4 Å². The summed E-state index contributed by atoms with van der Waals surface area (Å²) in [5.41, 5.74) is -0.577. The van der Waals surface area contributed by atoms with Crippen molar-refractivity contribution in [2.24, 2.45) is 0 Å². The fourth-order valence-corrected chi connectivity index (χ4v) is 1.15. The first-order chi connectivity index (χ1) is 7.24. The van der Waals surface area contributed by atoms with Crippen molar-refractivity contribution >= 4 is 5.97 Å². The molecule has 0 saturated heterocycles. The molecule has 0 heterocycles. The molecule has 0 amide bonds. The molecule has 0 aliphatic rings. The first-order valence-corrected chi connectivity index (χ1v) is 5.16. The molecule has 0 saturated carbocycles. The van der Waals surface area contributed by atoms with Crippen LogP contribution in [0.1, 0.15) is 33.6 Å². The van der Waals surface area contributed by atoms with Gasteiger partial charge in [0.25, 0.3) is 0 Å². The number of hydrogen-bond donors (Lipinski definition) is 2. The van der Waals surface area contributed by atoms with Crippen molar-refractivity contribution in [2.75, 3.05) is 6.54 Å². The lowest BCUT2D eigenvalue weighted by atomic mass is 10.1. The van der Waals surface area contributed by atoms with Gasteiger partial charge in [0.15, 0.2) is 0 Å². The standard InChI is InChI=1S/C11H19NO4/c1-11(2,3)16-10(15)6-8(13)5-9(14)7-12-4/h8-9,13-14H,5-7H2,1-3H3/t8-,9+/m1/s1. The maximum Gasteiger partial charge on any atom is 0.308 e. The van der Waals surface area contributed by atoms with Crippen molar-refractivity contribution in [3.05, 3.63) is 11.4 Å². The summed E-state index contributed by atoms with van der Waals surface area (Å²) in [4.78, 5) is 14.3. The molecule has 0 aliphatic heterocycles. The van der Waals surface area contributed by atoms with E-state index >= 15 is 0 Å². The Bertz CT molecular complexity index is 264. The molecule has 0 fully saturated rings. The van der Waals surface area contributed by atoms with E-state index in [0.29, 0.717) is 0 Å².